The third kappa shape index (κ3) is 2.91. The van der Waals surface area contributed by atoms with Crippen molar-refractivity contribution in [2.75, 3.05) is 0 Å². The quantitative estimate of drug-likeness (QED) is 0.603. The zero-order valence-electron chi connectivity index (χ0n) is 9.74. The third-order valence-corrected chi connectivity index (χ3v) is 2.54. The van der Waals surface area contributed by atoms with Crippen LogP contribution in [0.25, 0.3) is 6.08 Å². The molecule has 0 amide bonds. The molecule has 1 nitrogen and oxygen atoms in total. The van der Waals surface area contributed by atoms with E-state index in [0.29, 0.717) is 0 Å². The number of ketones is 1. The second-order valence-electron chi connectivity index (χ2n) is 3.81. The Morgan fingerprint density at radius 2 is 1.42 bits per heavy atom. The minimum Gasteiger partial charge on any atom is -0.289 e. The Balaban J connectivity index is 2.29. The van der Waals surface area contributed by atoms with Gasteiger partial charge in [-0.2, -0.15) is 0 Å². The number of allylic oxidation sites excluding steroid dienone is 1. The van der Waals surface area contributed by atoms with Crippen LogP contribution >= 0.6 is 0 Å². The molecule has 0 aliphatic heterocycles. The SMILES string of the molecule is O=C(/C=C/c1c(F)cccc1F)c1ccccc1F. The number of rotatable bonds is 3. The maximum atomic E-state index is 13.3. The van der Waals surface area contributed by atoms with E-state index in [9.17, 15) is 18.0 Å². The van der Waals surface area contributed by atoms with Gasteiger partial charge in [-0.15, -0.1) is 0 Å². The minimum absolute atomic E-state index is 0.143. The molecule has 2 aromatic carbocycles. The van der Waals surface area contributed by atoms with E-state index in [1.54, 1.807) is 0 Å². The Bertz CT molecular complexity index is 627. The highest BCUT2D eigenvalue weighted by Crippen LogP contribution is 2.15. The molecule has 0 aromatic heterocycles. The topological polar surface area (TPSA) is 17.1 Å². The molecule has 0 saturated carbocycles. The van der Waals surface area contributed by atoms with Gasteiger partial charge in [-0.3, -0.25) is 4.79 Å². The highest BCUT2D eigenvalue weighted by atomic mass is 19.1. The van der Waals surface area contributed by atoms with Crippen LogP contribution in [-0.2, 0) is 0 Å². The van der Waals surface area contributed by atoms with Crippen molar-refractivity contribution in [2.24, 2.45) is 0 Å². The molecule has 96 valence electrons. The van der Waals surface area contributed by atoms with Crippen LogP contribution < -0.4 is 0 Å². The first-order valence-corrected chi connectivity index (χ1v) is 5.50. The highest BCUT2D eigenvalue weighted by Gasteiger charge is 2.09. The first kappa shape index (κ1) is 13.1. The van der Waals surface area contributed by atoms with Crippen LogP contribution in [-0.4, -0.2) is 5.78 Å². The Morgan fingerprint density at radius 1 is 0.842 bits per heavy atom. The second kappa shape index (κ2) is 5.52. The number of hydrogen-bond donors (Lipinski definition) is 0. The van der Waals surface area contributed by atoms with Gasteiger partial charge in [0.25, 0.3) is 0 Å². The van der Waals surface area contributed by atoms with Gasteiger partial charge in [-0.25, -0.2) is 13.2 Å². The molecule has 0 fully saturated rings. The molecule has 2 rings (SSSR count). The van der Waals surface area contributed by atoms with Gasteiger partial charge in [-0.1, -0.05) is 18.2 Å². The molecule has 19 heavy (non-hydrogen) atoms. The summed E-state index contributed by atoms with van der Waals surface area (Å²) < 4.78 is 39.9. The van der Waals surface area contributed by atoms with Crippen molar-refractivity contribution in [3.63, 3.8) is 0 Å². The summed E-state index contributed by atoms with van der Waals surface area (Å²) in [5, 5.41) is 0. The predicted octanol–water partition coefficient (Wildman–Crippen LogP) is 4.00. The van der Waals surface area contributed by atoms with Gasteiger partial charge in [0.05, 0.1) is 5.56 Å². The van der Waals surface area contributed by atoms with Gasteiger partial charge in [0.1, 0.15) is 17.5 Å². The lowest BCUT2D eigenvalue weighted by atomic mass is 10.1. The van der Waals surface area contributed by atoms with Crippen molar-refractivity contribution in [3.8, 4) is 0 Å². The molecule has 0 bridgehead atoms. The summed E-state index contributed by atoms with van der Waals surface area (Å²) in [7, 11) is 0. The average molecular weight is 262 g/mol. The van der Waals surface area contributed by atoms with Crippen molar-refractivity contribution < 1.29 is 18.0 Å². The zero-order chi connectivity index (χ0) is 13.8. The summed E-state index contributed by atoms with van der Waals surface area (Å²) in [6.07, 6.45) is 1.94. The van der Waals surface area contributed by atoms with Crippen LogP contribution in [0.5, 0.6) is 0 Å². The monoisotopic (exact) mass is 262 g/mol. The van der Waals surface area contributed by atoms with E-state index in [-0.39, 0.29) is 11.1 Å². The maximum absolute atomic E-state index is 13.3. The Kier molecular flexibility index (Phi) is 3.80. The molecule has 0 saturated heterocycles. The molecule has 0 atom stereocenters. The molecule has 0 aliphatic rings. The summed E-state index contributed by atoms with van der Waals surface area (Å²) in [6.45, 7) is 0. The molecule has 0 unspecified atom stereocenters. The first-order valence-electron chi connectivity index (χ1n) is 5.50. The largest absolute Gasteiger partial charge is 0.289 e. The average Bonchev–Trinajstić information content (AvgIpc) is 2.38. The lowest BCUT2D eigenvalue weighted by molar-refractivity contribution is 0.104. The number of halogens is 3. The van der Waals surface area contributed by atoms with E-state index < -0.39 is 23.2 Å². The zero-order valence-corrected chi connectivity index (χ0v) is 9.74. The minimum atomic E-state index is -0.780. The van der Waals surface area contributed by atoms with Crippen molar-refractivity contribution in [1.82, 2.24) is 0 Å². The summed E-state index contributed by atoms with van der Waals surface area (Å²) in [4.78, 5) is 11.7. The Hall–Kier alpha value is -2.36. The first-order chi connectivity index (χ1) is 9.09. The van der Waals surface area contributed by atoms with Crippen LogP contribution in [0.2, 0.25) is 0 Å². The second-order valence-corrected chi connectivity index (χ2v) is 3.81. The molecular formula is C15H9F3O. The fourth-order valence-corrected chi connectivity index (χ4v) is 1.58. The molecule has 4 heteroatoms. The highest BCUT2D eigenvalue weighted by molar-refractivity contribution is 6.06. The fraction of sp³-hybridized carbons (Fsp3) is 0. The van der Waals surface area contributed by atoms with Crippen LogP contribution in [0.4, 0.5) is 13.2 Å². The van der Waals surface area contributed by atoms with Gasteiger partial charge < -0.3 is 0 Å². The van der Waals surface area contributed by atoms with E-state index >= 15 is 0 Å². The van der Waals surface area contributed by atoms with Gasteiger partial charge in [0.2, 0.25) is 0 Å². The predicted molar refractivity (Wildman–Crippen MR) is 66.1 cm³/mol. The summed E-state index contributed by atoms with van der Waals surface area (Å²) in [5.74, 6) is -2.89. The van der Waals surface area contributed by atoms with Crippen molar-refractivity contribution in [2.45, 2.75) is 0 Å². The van der Waals surface area contributed by atoms with E-state index in [1.807, 2.05) is 0 Å². The Morgan fingerprint density at radius 3 is 2.05 bits per heavy atom. The normalized spacial score (nSPS) is 10.9. The van der Waals surface area contributed by atoms with Gasteiger partial charge in [-0.05, 0) is 36.4 Å². The molecule has 0 N–H and O–H groups in total. The van der Waals surface area contributed by atoms with E-state index in [4.69, 9.17) is 0 Å². The van der Waals surface area contributed by atoms with E-state index in [2.05, 4.69) is 0 Å². The number of carbonyl (C=O) groups is 1. The van der Waals surface area contributed by atoms with E-state index in [0.717, 1.165) is 30.4 Å². The number of carbonyl (C=O) groups excluding carboxylic acids is 1. The van der Waals surface area contributed by atoms with Crippen LogP contribution in [0.3, 0.4) is 0 Å². The molecule has 0 aliphatic carbocycles. The van der Waals surface area contributed by atoms with Gasteiger partial charge >= 0.3 is 0 Å². The maximum Gasteiger partial charge on any atom is 0.188 e. The van der Waals surface area contributed by atoms with Crippen molar-refractivity contribution >= 4 is 11.9 Å². The van der Waals surface area contributed by atoms with Gasteiger partial charge in [0.15, 0.2) is 5.78 Å². The number of hydrogen-bond acceptors (Lipinski definition) is 1. The molecule has 0 spiro atoms. The van der Waals surface area contributed by atoms with Gasteiger partial charge in [0, 0.05) is 5.56 Å². The van der Waals surface area contributed by atoms with Crippen LogP contribution in [0.15, 0.2) is 48.5 Å². The van der Waals surface area contributed by atoms with Crippen molar-refractivity contribution in [1.29, 1.82) is 0 Å². The Labute approximate surface area is 108 Å². The standard InChI is InChI=1S/C15H9F3O/c16-12-6-3-7-13(17)10(12)8-9-15(19)11-4-1-2-5-14(11)18/h1-9H/b9-8+. The smallest absolute Gasteiger partial charge is 0.188 e. The lowest BCUT2D eigenvalue weighted by Crippen LogP contribution is -1.98. The molecular weight excluding hydrogens is 253 g/mol. The van der Waals surface area contributed by atoms with E-state index in [1.165, 1.54) is 24.3 Å². The number of benzene rings is 2. The lowest BCUT2D eigenvalue weighted by Gasteiger charge is -1.99. The van der Waals surface area contributed by atoms with Crippen LogP contribution in [0, 0.1) is 17.5 Å². The third-order valence-electron chi connectivity index (χ3n) is 2.54. The molecule has 0 heterocycles. The summed E-state index contributed by atoms with van der Waals surface area (Å²) in [5.41, 5.74) is -0.470. The van der Waals surface area contributed by atoms with Crippen molar-refractivity contribution in [3.05, 3.63) is 77.1 Å². The summed E-state index contributed by atoms with van der Waals surface area (Å²) in [6, 6.07) is 8.79. The fourth-order valence-electron chi connectivity index (χ4n) is 1.58. The van der Waals surface area contributed by atoms with Crippen LogP contribution in [0.1, 0.15) is 15.9 Å². The summed E-state index contributed by atoms with van der Waals surface area (Å²) >= 11 is 0. The molecule has 0 radical (unpaired) electrons. The molecule has 2 aromatic rings.